The minimum atomic E-state index is -0.455. The molecule has 0 aromatic heterocycles. The van der Waals surface area contributed by atoms with Crippen molar-refractivity contribution in [3.8, 4) is 0 Å². The second-order valence-electron chi connectivity index (χ2n) is 7.89. The van der Waals surface area contributed by atoms with Gasteiger partial charge in [-0.25, -0.2) is 0 Å². The van der Waals surface area contributed by atoms with Gasteiger partial charge in [-0.1, -0.05) is 110 Å². The smallest absolute Gasteiger partial charge is 0.315 e. The molecule has 0 aliphatic rings. The predicted octanol–water partition coefficient (Wildman–Crippen LogP) is 8.00. The maximum Gasteiger partial charge on any atom is 0.315 e. The zero-order valence-electron chi connectivity index (χ0n) is 18.1. The predicted molar refractivity (Wildman–Crippen MR) is 114 cm³/mol. The number of ether oxygens (including phenoxy) is 1. The van der Waals surface area contributed by atoms with Crippen molar-refractivity contribution in [3.05, 3.63) is 12.7 Å². The summed E-state index contributed by atoms with van der Waals surface area (Å²) in [6.07, 6.45) is 20.8. The lowest BCUT2D eigenvalue weighted by Crippen LogP contribution is -2.31. The highest BCUT2D eigenvalue weighted by molar-refractivity contribution is 5.79. The number of rotatable bonds is 19. The first kappa shape index (κ1) is 25.2. The third-order valence-electron chi connectivity index (χ3n) is 5.48. The number of hydrogen-bond donors (Lipinski definition) is 0. The van der Waals surface area contributed by atoms with E-state index in [1.807, 2.05) is 6.08 Å². The lowest BCUT2D eigenvalue weighted by Gasteiger charge is -2.28. The molecule has 2 nitrogen and oxygen atoms in total. The number of esters is 1. The van der Waals surface area contributed by atoms with E-state index in [9.17, 15) is 4.79 Å². The lowest BCUT2D eigenvalue weighted by atomic mass is 9.78. The fourth-order valence-electron chi connectivity index (χ4n) is 3.51. The molecule has 0 saturated carbocycles. The van der Waals surface area contributed by atoms with Crippen molar-refractivity contribution < 1.29 is 9.53 Å². The van der Waals surface area contributed by atoms with Crippen LogP contribution in [0.3, 0.4) is 0 Å². The summed E-state index contributed by atoms with van der Waals surface area (Å²) in [4.78, 5) is 12.8. The second-order valence-corrected chi connectivity index (χ2v) is 7.89. The highest BCUT2D eigenvalue weighted by Crippen LogP contribution is 2.35. The summed E-state index contributed by atoms with van der Waals surface area (Å²) in [7, 11) is 0. The van der Waals surface area contributed by atoms with E-state index in [4.69, 9.17) is 4.74 Å². The number of carbonyl (C=O) groups excluding carboxylic acids is 1. The minimum Gasteiger partial charge on any atom is -0.465 e. The van der Waals surface area contributed by atoms with Crippen molar-refractivity contribution >= 4 is 5.97 Å². The van der Waals surface area contributed by atoms with Gasteiger partial charge < -0.3 is 4.74 Å². The van der Waals surface area contributed by atoms with Crippen molar-refractivity contribution in [2.75, 3.05) is 6.61 Å². The summed E-state index contributed by atoms with van der Waals surface area (Å²) in [6, 6.07) is 0. The topological polar surface area (TPSA) is 26.3 Å². The molecule has 0 radical (unpaired) electrons. The van der Waals surface area contributed by atoms with Crippen molar-refractivity contribution in [2.45, 2.75) is 124 Å². The molecular weight excluding hydrogens is 320 g/mol. The maximum atomic E-state index is 12.8. The summed E-state index contributed by atoms with van der Waals surface area (Å²) in [5, 5.41) is 0. The Morgan fingerprint density at radius 3 is 1.58 bits per heavy atom. The van der Waals surface area contributed by atoms with Crippen molar-refractivity contribution in [1.29, 1.82) is 0 Å². The average Bonchev–Trinajstić information content (AvgIpc) is 2.65. The van der Waals surface area contributed by atoms with Crippen LogP contribution in [0.15, 0.2) is 12.7 Å². The van der Waals surface area contributed by atoms with Crippen LogP contribution in [0.4, 0.5) is 0 Å². The summed E-state index contributed by atoms with van der Waals surface area (Å²) >= 11 is 0. The molecule has 0 unspecified atom stereocenters. The van der Waals surface area contributed by atoms with Crippen molar-refractivity contribution in [1.82, 2.24) is 0 Å². The van der Waals surface area contributed by atoms with Gasteiger partial charge >= 0.3 is 5.97 Å². The standard InChI is InChI=1S/C24H46O2/c1-5-9-12-14-16-18-20-24(8-4,23(25)26-22-11-7-3)21-19-17-15-13-10-6-2/h8H,4-7,9-22H2,1-3H3. The third kappa shape index (κ3) is 11.8. The molecule has 0 amide bonds. The molecular formula is C24H46O2. The fraction of sp³-hybridized carbons (Fsp3) is 0.875. The Hall–Kier alpha value is -0.790. The lowest BCUT2D eigenvalue weighted by molar-refractivity contribution is -0.154. The molecule has 0 heterocycles. The van der Waals surface area contributed by atoms with Crippen molar-refractivity contribution in [2.24, 2.45) is 5.41 Å². The first-order valence-corrected chi connectivity index (χ1v) is 11.5. The van der Waals surface area contributed by atoms with Gasteiger partial charge in [0.1, 0.15) is 0 Å². The zero-order chi connectivity index (χ0) is 19.5. The summed E-state index contributed by atoms with van der Waals surface area (Å²) in [5.74, 6) is -0.0249. The normalized spacial score (nSPS) is 11.5. The number of carbonyl (C=O) groups is 1. The molecule has 0 spiro atoms. The van der Waals surface area contributed by atoms with E-state index >= 15 is 0 Å². The van der Waals surface area contributed by atoms with Crippen LogP contribution in [0.25, 0.3) is 0 Å². The van der Waals surface area contributed by atoms with Gasteiger partial charge in [0.2, 0.25) is 0 Å². The fourth-order valence-corrected chi connectivity index (χ4v) is 3.51. The molecule has 0 N–H and O–H groups in total. The summed E-state index contributed by atoms with van der Waals surface area (Å²) in [5.41, 5.74) is -0.455. The van der Waals surface area contributed by atoms with Crippen molar-refractivity contribution in [3.63, 3.8) is 0 Å². The molecule has 0 aromatic rings. The highest BCUT2D eigenvalue weighted by atomic mass is 16.5. The Morgan fingerprint density at radius 2 is 1.15 bits per heavy atom. The molecule has 0 saturated heterocycles. The minimum absolute atomic E-state index is 0.0249. The van der Waals surface area contributed by atoms with Crippen LogP contribution in [0.1, 0.15) is 124 Å². The average molecular weight is 367 g/mol. The van der Waals surface area contributed by atoms with Crippen LogP contribution in [-0.2, 0) is 9.53 Å². The van der Waals surface area contributed by atoms with E-state index in [1.54, 1.807) is 0 Å². The van der Waals surface area contributed by atoms with Gasteiger partial charge in [-0.3, -0.25) is 4.79 Å². The Morgan fingerprint density at radius 1 is 0.731 bits per heavy atom. The van der Waals surface area contributed by atoms with Gasteiger partial charge in [0.25, 0.3) is 0 Å². The van der Waals surface area contributed by atoms with E-state index in [0.29, 0.717) is 6.61 Å². The van der Waals surface area contributed by atoms with Gasteiger partial charge in [-0.2, -0.15) is 0 Å². The first-order valence-electron chi connectivity index (χ1n) is 11.5. The molecule has 26 heavy (non-hydrogen) atoms. The van der Waals surface area contributed by atoms with E-state index < -0.39 is 5.41 Å². The Kier molecular flexibility index (Phi) is 17.1. The van der Waals surface area contributed by atoms with E-state index in [2.05, 4.69) is 27.4 Å². The molecule has 0 atom stereocenters. The SMILES string of the molecule is C=CC(CCCCCCCC)(CCCCCCCC)C(=O)OCCCC. The van der Waals surface area contributed by atoms with Crippen LogP contribution in [0, 0.1) is 5.41 Å². The summed E-state index contributed by atoms with van der Waals surface area (Å²) < 4.78 is 5.62. The maximum absolute atomic E-state index is 12.8. The quantitative estimate of drug-likeness (QED) is 0.131. The second kappa shape index (κ2) is 17.6. The van der Waals surface area contributed by atoms with E-state index in [-0.39, 0.29) is 5.97 Å². The van der Waals surface area contributed by atoms with Gasteiger partial charge in [0, 0.05) is 0 Å². The molecule has 0 fully saturated rings. The van der Waals surface area contributed by atoms with Crippen LogP contribution < -0.4 is 0 Å². The van der Waals surface area contributed by atoms with E-state index in [0.717, 1.165) is 38.5 Å². The van der Waals surface area contributed by atoms with Gasteiger partial charge in [0.15, 0.2) is 0 Å². The third-order valence-corrected chi connectivity index (χ3v) is 5.48. The van der Waals surface area contributed by atoms with Gasteiger partial charge in [-0.15, -0.1) is 6.58 Å². The first-order chi connectivity index (χ1) is 12.7. The Balaban J connectivity index is 4.50. The number of unbranched alkanes of at least 4 members (excludes halogenated alkanes) is 11. The monoisotopic (exact) mass is 366 g/mol. The molecule has 0 aliphatic heterocycles. The van der Waals surface area contributed by atoms with Crippen LogP contribution in [-0.4, -0.2) is 12.6 Å². The van der Waals surface area contributed by atoms with Crippen LogP contribution >= 0.6 is 0 Å². The molecule has 0 rings (SSSR count). The molecule has 0 aromatic carbocycles. The Labute approximate surface area is 164 Å². The largest absolute Gasteiger partial charge is 0.465 e. The van der Waals surface area contributed by atoms with Crippen LogP contribution in [0.5, 0.6) is 0 Å². The number of hydrogen-bond acceptors (Lipinski definition) is 2. The zero-order valence-corrected chi connectivity index (χ0v) is 18.1. The molecule has 0 aliphatic carbocycles. The highest BCUT2D eigenvalue weighted by Gasteiger charge is 2.35. The van der Waals surface area contributed by atoms with Gasteiger partial charge in [0.05, 0.1) is 12.0 Å². The Bertz CT molecular complexity index is 319. The molecule has 154 valence electrons. The summed E-state index contributed by atoms with van der Waals surface area (Å²) in [6.45, 7) is 11.2. The van der Waals surface area contributed by atoms with Crippen LogP contribution in [0.2, 0.25) is 0 Å². The van der Waals surface area contributed by atoms with E-state index in [1.165, 1.54) is 64.2 Å². The molecule has 0 bridgehead atoms. The molecule has 2 heteroatoms. The van der Waals surface area contributed by atoms with Gasteiger partial charge in [-0.05, 0) is 19.3 Å².